The number of benzene rings is 2. The number of carbonyl (C=O) groups is 1. The van der Waals surface area contributed by atoms with Crippen LogP contribution in [0, 0.1) is 6.92 Å². The van der Waals surface area contributed by atoms with Crippen LogP contribution in [0.15, 0.2) is 52.9 Å². The van der Waals surface area contributed by atoms with E-state index in [9.17, 15) is 4.79 Å². The quantitative estimate of drug-likeness (QED) is 0.677. The molecule has 3 rings (SSSR count). The van der Waals surface area contributed by atoms with Crippen molar-refractivity contribution in [2.24, 2.45) is 0 Å². The van der Waals surface area contributed by atoms with Crippen molar-refractivity contribution in [3.8, 4) is 23.0 Å². The van der Waals surface area contributed by atoms with Gasteiger partial charge in [0.15, 0.2) is 0 Å². The molecule has 1 heterocycles. The van der Waals surface area contributed by atoms with Crippen LogP contribution >= 0.6 is 0 Å². The summed E-state index contributed by atoms with van der Waals surface area (Å²) in [6.45, 7) is 4.33. The van der Waals surface area contributed by atoms with Gasteiger partial charge in [0, 0.05) is 11.3 Å². The number of amides is 1. The fraction of sp³-hybridized carbons (Fsp3) is 0.238. The highest BCUT2D eigenvalue weighted by atomic mass is 16.5. The number of ether oxygens (including phenoxy) is 2. The molecule has 1 aromatic heterocycles. The number of anilines is 1. The van der Waals surface area contributed by atoms with Crippen LogP contribution in [-0.2, 0) is 11.2 Å². The highest BCUT2D eigenvalue weighted by Crippen LogP contribution is 2.25. The molecule has 0 spiro atoms. The fourth-order valence-electron chi connectivity index (χ4n) is 2.63. The van der Waals surface area contributed by atoms with Crippen molar-refractivity contribution in [2.75, 3.05) is 19.0 Å². The maximum atomic E-state index is 12.3. The molecule has 3 aromatic rings. The average Bonchev–Trinajstić information content (AvgIpc) is 3.04. The number of hydrogen-bond donors (Lipinski definition) is 1. The smallest absolute Gasteiger partial charge is 0.230 e. The topological polar surface area (TPSA) is 73.6 Å². The molecule has 1 amide bonds. The minimum Gasteiger partial charge on any atom is -0.497 e. The van der Waals surface area contributed by atoms with E-state index in [1.54, 1.807) is 26.2 Å². The molecule has 0 unspecified atom stereocenters. The Hall–Kier alpha value is -3.28. The standard InChI is InChI=1S/C21H22N2O4/c1-4-26-17-10-8-16(9-11-17)22-20(24)13-19-14(2)27-21(23-19)15-6-5-7-18(12-15)25-3/h5-12H,4,13H2,1-3H3,(H,22,24). The van der Waals surface area contributed by atoms with Gasteiger partial charge >= 0.3 is 0 Å². The molecule has 1 N–H and O–H groups in total. The number of oxazole rings is 1. The normalized spacial score (nSPS) is 10.5. The number of hydrogen-bond acceptors (Lipinski definition) is 5. The Morgan fingerprint density at radius 1 is 1.15 bits per heavy atom. The number of rotatable bonds is 7. The minimum absolute atomic E-state index is 0.131. The summed E-state index contributed by atoms with van der Waals surface area (Å²) in [6.07, 6.45) is 0.131. The first kappa shape index (κ1) is 18.5. The third kappa shape index (κ3) is 4.67. The summed E-state index contributed by atoms with van der Waals surface area (Å²) in [5.41, 5.74) is 2.12. The first-order valence-electron chi connectivity index (χ1n) is 8.72. The molecule has 6 nitrogen and oxygen atoms in total. The third-order valence-corrected chi connectivity index (χ3v) is 3.99. The van der Waals surface area contributed by atoms with Gasteiger partial charge in [-0.15, -0.1) is 0 Å². The van der Waals surface area contributed by atoms with E-state index in [0.29, 0.717) is 29.6 Å². The largest absolute Gasteiger partial charge is 0.497 e. The maximum absolute atomic E-state index is 12.3. The fourth-order valence-corrected chi connectivity index (χ4v) is 2.63. The van der Waals surface area contributed by atoms with E-state index < -0.39 is 0 Å². The van der Waals surface area contributed by atoms with Gasteiger partial charge in [0.1, 0.15) is 17.3 Å². The van der Waals surface area contributed by atoms with E-state index in [1.807, 2.05) is 43.3 Å². The van der Waals surface area contributed by atoms with Gasteiger partial charge in [-0.05, 0) is 56.3 Å². The Bertz CT molecular complexity index is 916. The minimum atomic E-state index is -0.159. The number of methoxy groups -OCH3 is 1. The van der Waals surface area contributed by atoms with Crippen LogP contribution in [0.3, 0.4) is 0 Å². The molecule has 0 bridgehead atoms. The summed E-state index contributed by atoms with van der Waals surface area (Å²) in [5, 5.41) is 2.86. The molecule has 0 aliphatic carbocycles. The first-order chi connectivity index (χ1) is 13.1. The molecule has 0 fully saturated rings. The van der Waals surface area contributed by atoms with Gasteiger partial charge < -0.3 is 19.2 Å². The van der Waals surface area contributed by atoms with E-state index in [-0.39, 0.29) is 12.3 Å². The van der Waals surface area contributed by atoms with Crippen molar-refractivity contribution in [1.82, 2.24) is 4.98 Å². The number of nitrogens with one attached hydrogen (secondary N) is 1. The summed E-state index contributed by atoms with van der Waals surface area (Å²) in [5.74, 6) is 2.42. The monoisotopic (exact) mass is 366 g/mol. The number of carbonyl (C=O) groups excluding carboxylic acids is 1. The Morgan fingerprint density at radius 3 is 2.63 bits per heavy atom. The lowest BCUT2D eigenvalue weighted by Crippen LogP contribution is -2.15. The van der Waals surface area contributed by atoms with E-state index in [4.69, 9.17) is 13.9 Å². The van der Waals surface area contributed by atoms with Crippen LogP contribution in [0.2, 0.25) is 0 Å². The SMILES string of the molecule is CCOc1ccc(NC(=O)Cc2nc(-c3cccc(OC)c3)oc2C)cc1. The molecule has 6 heteroatoms. The van der Waals surface area contributed by atoms with Gasteiger partial charge in [0.05, 0.1) is 25.8 Å². The van der Waals surface area contributed by atoms with Crippen LogP contribution in [0.1, 0.15) is 18.4 Å². The molecule has 2 aromatic carbocycles. The van der Waals surface area contributed by atoms with Crippen LogP contribution in [0.25, 0.3) is 11.5 Å². The lowest BCUT2D eigenvalue weighted by molar-refractivity contribution is -0.115. The summed E-state index contributed by atoms with van der Waals surface area (Å²) in [6, 6.07) is 14.7. The highest BCUT2D eigenvalue weighted by Gasteiger charge is 2.15. The zero-order chi connectivity index (χ0) is 19.2. The Kier molecular flexibility index (Phi) is 5.76. The van der Waals surface area contributed by atoms with Gasteiger partial charge in [-0.1, -0.05) is 6.07 Å². The van der Waals surface area contributed by atoms with E-state index >= 15 is 0 Å². The number of nitrogens with zero attached hydrogens (tertiary/aromatic N) is 1. The van der Waals surface area contributed by atoms with Crippen molar-refractivity contribution >= 4 is 11.6 Å². The predicted octanol–water partition coefficient (Wildman–Crippen LogP) is 4.24. The number of aryl methyl sites for hydroxylation is 1. The summed E-state index contributed by atoms with van der Waals surface area (Å²) >= 11 is 0. The first-order valence-corrected chi connectivity index (χ1v) is 8.72. The Morgan fingerprint density at radius 2 is 1.93 bits per heavy atom. The molecule has 0 saturated carbocycles. The average molecular weight is 366 g/mol. The van der Waals surface area contributed by atoms with E-state index in [1.165, 1.54) is 0 Å². The lowest BCUT2D eigenvalue weighted by Gasteiger charge is -2.06. The molecule has 140 valence electrons. The molecule has 0 aliphatic rings. The zero-order valence-corrected chi connectivity index (χ0v) is 15.6. The second kappa shape index (κ2) is 8.40. The number of aromatic nitrogens is 1. The highest BCUT2D eigenvalue weighted by molar-refractivity contribution is 5.92. The second-order valence-electron chi connectivity index (χ2n) is 5.94. The van der Waals surface area contributed by atoms with Crippen LogP contribution in [-0.4, -0.2) is 24.6 Å². The van der Waals surface area contributed by atoms with Gasteiger partial charge in [-0.25, -0.2) is 4.98 Å². The van der Waals surface area contributed by atoms with Crippen LogP contribution in [0.5, 0.6) is 11.5 Å². The van der Waals surface area contributed by atoms with E-state index in [0.717, 1.165) is 17.1 Å². The summed E-state index contributed by atoms with van der Waals surface area (Å²) in [4.78, 5) is 16.8. The van der Waals surface area contributed by atoms with Crippen LogP contribution in [0.4, 0.5) is 5.69 Å². The molecule has 0 aliphatic heterocycles. The molecular weight excluding hydrogens is 344 g/mol. The zero-order valence-electron chi connectivity index (χ0n) is 15.6. The van der Waals surface area contributed by atoms with Crippen LogP contribution < -0.4 is 14.8 Å². The molecule has 0 radical (unpaired) electrons. The maximum Gasteiger partial charge on any atom is 0.230 e. The predicted molar refractivity (Wildman–Crippen MR) is 103 cm³/mol. The molecule has 0 atom stereocenters. The van der Waals surface area contributed by atoms with Crippen molar-refractivity contribution in [3.05, 3.63) is 60.0 Å². The molecular formula is C21H22N2O4. The van der Waals surface area contributed by atoms with Crippen molar-refractivity contribution in [1.29, 1.82) is 0 Å². The van der Waals surface area contributed by atoms with Gasteiger partial charge in [0.2, 0.25) is 11.8 Å². The summed E-state index contributed by atoms with van der Waals surface area (Å²) in [7, 11) is 1.61. The third-order valence-electron chi connectivity index (χ3n) is 3.99. The van der Waals surface area contributed by atoms with Gasteiger partial charge in [-0.3, -0.25) is 4.79 Å². The van der Waals surface area contributed by atoms with Gasteiger partial charge in [-0.2, -0.15) is 0 Å². The van der Waals surface area contributed by atoms with Crippen molar-refractivity contribution in [3.63, 3.8) is 0 Å². The lowest BCUT2D eigenvalue weighted by atomic mass is 10.2. The van der Waals surface area contributed by atoms with E-state index in [2.05, 4.69) is 10.3 Å². The molecule has 0 saturated heterocycles. The van der Waals surface area contributed by atoms with Crippen molar-refractivity contribution < 1.29 is 18.7 Å². The molecule has 27 heavy (non-hydrogen) atoms. The van der Waals surface area contributed by atoms with Gasteiger partial charge in [0.25, 0.3) is 0 Å². The van der Waals surface area contributed by atoms with Crippen molar-refractivity contribution in [2.45, 2.75) is 20.3 Å². The summed E-state index contributed by atoms with van der Waals surface area (Å²) < 4.78 is 16.4. The Labute approximate surface area is 158 Å². The second-order valence-corrected chi connectivity index (χ2v) is 5.94. The Balaban J connectivity index is 1.68.